The van der Waals surface area contributed by atoms with Crippen molar-refractivity contribution < 1.29 is 13.2 Å². The number of hydrogen-bond acceptors (Lipinski definition) is 3. The highest BCUT2D eigenvalue weighted by Crippen LogP contribution is 2.25. The maximum absolute atomic E-state index is 13.2. The molecule has 0 heterocycles. The Morgan fingerprint density at radius 1 is 1.11 bits per heavy atom. The molecule has 1 N–H and O–H groups in total. The molecule has 2 rings (SSSR count). The van der Waals surface area contributed by atoms with Gasteiger partial charge in [0.2, 0.25) is 5.91 Å². The van der Waals surface area contributed by atoms with Gasteiger partial charge in [0.15, 0.2) is 0 Å². The summed E-state index contributed by atoms with van der Waals surface area (Å²) in [5.41, 5.74) is 1.34. The van der Waals surface area contributed by atoms with Gasteiger partial charge in [-0.1, -0.05) is 37.6 Å². The van der Waals surface area contributed by atoms with Gasteiger partial charge in [-0.3, -0.25) is 9.10 Å². The lowest BCUT2D eigenvalue weighted by Crippen LogP contribution is -2.45. The van der Waals surface area contributed by atoms with Crippen molar-refractivity contribution in [2.75, 3.05) is 10.8 Å². The SMILES string of the molecule is Cc1cccc(N(CC(=O)N[C@H](C)C(C)C)S(=O)(=O)c2ccc(Cl)cc2)c1. The summed E-state index contributed by atoms with van der Waals surface area (Å²) in [6, 6.07) is 12.9. The van der Waals surface area contributed by atoms with Crippen molar-refractivity contribution in [1.82, 2.24) is 5.32 Å². The van der Waals surface area contributed by atoms with E-state index in [4.69, 9.17) is 11.6 Å². The molecule has 146 valence electrons. The topological polar surface area (TPSA) is 66.5 Å². The fourth-order valence-electron chi connectivity index (χ4n) is 2.43. The highest BCUT2D eigenvalue weighted by Gasteiger charge is 2.27. The molecule has 0 aromatic heterocycles. The number of nitrogens with zero attached hydrogens (tertiary/aromatic N) is 1. The maximum atomic E-state index is 13.2. The molecule has 0 fully saturated rings. The Kier molecular flexibility index (Phi) is 6.89. The highest BCUT2D eigenvalue weighted by molar-refractivity contribution is 7.92. The summed E-state index contributed by atoms with van der Waals surface area (Å²) in [6.07, 6.45) is 0. The smallest absolute Gasteiger partial charge is 0.264 e. The van der Waals surface area contributed by atoms with E-state index in [1.54, 1.807) is 18.2 Å². The Morgan fingerprint density at radius 3 is 2.30 bits per heavy atom. The number of amides is 1. The molecule has 7 heteroatoms. The summed E-state index contributed by atoms with van der Waals surface area (Å²) in [5.74, 6) is -0.107. The van der Waals surface area contributed by atoms with Crippen molar-refractivity contribution in [3.63, 3.8) is 0 Å². The lowest BCUT2D eigenvalue weighted by molar-refractivity contribution is -0.120. The van der Waals surface area contributed by atoms with Gasteiger partial charge in [0, 0.05) is 11.1 Å². The van der Waals surface area contributed by atoms with Crippen molar-refractivity contribution in [1.29, 1.82) is 0 Å². The second-order valence-electron chi connectivity index (χ2n) is 6.90. The van der Waals surface area contributed by atoms with Gasteiger partial charge < -0.3 is 5.32 Å². The normalized spacial score (nSPS) is 12.7. The average molecular weight is 409 g/mol. The van der Waals surface area contributed by atoms with E-state index >= 15 is 0 Å². The van der Waals surface area contributed by atoms with Crippen LogP contribution in [0.2, 0.25) is 5.02 Å². The molecule has 1 amide bonds. The second-order valence-corrected chi connectivity index (χ2v) is 9.20. The maximum Gasteiger partial charge on any atom is 0.264 e. The first-order valence-electron chi connectivity index (χ1n) is 8.75. The van der Waals surface area contributed by atoms with Crippen LogP contribution in [0.3, 0.4) is 0 Å². The average Bonchev–Trinajstić information content (AvgIpc) is 2.59. The van der Waals surface area contributed by atoms with E-state index in [1.165, 1.54) is 24.3 Å². The van der Waals surface area contributed by atoms with E-state index in [9.17, 15) is 13.2 Å². The predicted octanol–water partition coefficient (Wildman–Crippen LogP) is 4.00. The summed E-state index contributed by atoms with van der Waals surface area (Å²) >= 11 is 5.88. The van der Waals surface area contributed by atoms with Crippen LogP contribution in [0, 0.1) is 12.8 Å². The van der Waals surface area contributed by atoms with Crippen LogP contribution in [0.5, 0.6) is 0 Å². The van der Waals surface area contributed by atoms with Crippen LogP contribution in [-0.2, 0) is 14.8 Å². The zero-order chi connectivity index (χ0) is 20.2. The van der Waals surface area contributed by atoms with E-state index in [0.29, 0.717) is 10.7 Å². The molecule has 2 aromatic carbocycles. The van der Waals surface area contributed by atoms with Crippen molar-refractivity contribution in [2.24, 2.45) is 5.92 Å². The molecule has 0 aliphatic rings. The zero-order valence-corrected chi connectivity index (χ0v) is 17.5. The Hall–Kier alpha value is -2.05. The largest absolute Gasteiger partial charge is 0.352 e. The van der Waals surface area contributed by atoms with Crippen molar-refractivity contribution in [2.45, 2.75) is 38.6 Å². The monoisotopic (exact) mass is 408 g/mol. The first-order chi connectivity index (χ1) is 12.6. The second kappa shape index (κ2) is 8.76. The lowest BCUT2D eigenvalue weighted by Gasteiger charge is -2.26. The number of aryl methyl sites for hydroxylation is 1. The summed E-state index contributed by atoms with van der Waals surface area (Å²) < 4.78 is 27.6. The van der Waals surface area contributed by atoms with Crippen molar-refractivity contribution >= 4 is 33.2 Å². The number of halogens is 1. The van der Waals surface area contributed by atoms with Gasteiger partial charge in [0.25, 0.3) is 10.0 Å². The van der Waals surface area contributed by atoms with Crippen molar-refractivity contribution in [3.05, 3.63) is 59.1 Å². The van der Waals surface area contributed by atoms with E-state index in [0.717, 1.165) is 9.87 Å². The first-order valence-corrected chi connectivity index (χ1v) is 10.6. The predicted molar refractivity (Wildman–Crippen MR) is 110 cm³/mol. The molecule has 0 saturated heterocycles. The minimum Gasteiger partial charge on any atom is -0.352 e. The molecule has 2 aromatic rings. The van der Waals surface area contributed by atoms with Crippen LogP contribution < -0.4 is 9.62 Å². The van der Waals surface area contributed by atoms with Gasteiger partial charge >= 0.3 is 0 Å². The third-order valence-electron chi connectivity index (χ3n) is 4.37. The Bertz CT molecular complexity index is 896. The number of carbonyl (C=O) groups excluding carboxylic acids is 1. The third-order valence-corrected chi connectivity index (χ3v) is 6.41. The van der Waals surface area contributed by atoms with E-state index < -0.39 is 10.0 Å². The molecule has 0 spiro atoms. The fraction of sp³-hybridized carbons (Fsp3) is 0.350. The van der Waals surface area contributed by atoms with Crippen LogP contribution in [0.15, 0.2) is 53.4 Å². The van der Waals surface area contributed by atoms with Gasteiger partial charge in [0.05, 0.1) is 10.6 Å². The van der Waals surface area contributed by atoms with E-state index in [1.807, 2.05) is 33.8 Å². The molecule has 0 bridgehead atoms. The molecule has 0 saturated carbocycles. The molecular weight excluding hydrogens is 384 g/mol. The quantitative estimate of drug-likeness (QED) is 0.752. The fourth-order valence-corrected chi connectivity index (χ4v) is 3.97. The number of rotatable bonds is 7. The van der Waals surface area contributed by atoms with Gasteiger partial charge in [-0.25, -0.2) is 8.42 Å². The summed E-state index contributed by atoms with van der Waals surface area (Å²) in [4.78, 5) is 12.6. The van der Waals surface area contributed by atoms with Gasteiger partial charge in [-0.05, 0) is 61.7 Å². The summed E-state index contributed by atoms with van der Waals surface area (Å²) in [5, 5.41) is 3.30. The molecule has 0 radical (unpaired) electrons. The van der Waals surface area contributed by atoms with Gasteiger partial charge in [0.1, 0.15) is 6.54 Å². The van der Waals surface area contributed by atoms with Crippen LogP contribution in [0.4, 0.5) is 5.69 Å². The Morgan fingerprint density at radius 2 is 1.74 bits per heavy atom. The molecule has 0 aliphatic carbocycles. The minimum absolute atomic E-state index is 0.0601. The first kappa shape index (κ1) is 21.3. The van der Waals surface area contributed by atoms with Gasteiger partial charge in [-0.15, -0.1) is 0 Å². The minimum atomic E-state index is -3.92. The number of benzene rings is 2. The number of nitrogens with one attached hydrogen (secondary N) is 1. The number of carbonyl (C=O) groups is 1. The summed E-state index contributed by atoms with van der Waals surface area (Å²) in [6.45, 7) is 7.46. The van der Waals surface area contributed by atoms with Crippen molar-refractivity contribution in [3.8, 4) is 0 Å². The Balaban J connectivity index is 2.41. The van der Waals surface area contributed by atoms with Crippen LogP contribution in [0.25, 0.3) is 0 Å². The van der Waals surface area contributed by atoms with Gasteiger partial charge in [-0.2, -0.15) is 0 Å². The molecule has 0 aliphatic heterocycles. The van der Waals surface area contributed by atoms with E-state index in [-0.39, 0.29) is 29.3 Å². The molecule has 1 atom stereocenters. The standard InChI is InChI=1S/C20H25ClN2O3S/c1-14(2)16(4)22-20(24)13-23(18-7-5-6-15(3)12-18)27(25,26)19-10-8-17(21)9-11-19/h5-12,14,16H,13H2,1-4H3,(H,22,24)/t16-/m1/s1. The molecular formula is C20H25ClN2O3S. The lowest BCUT2D eigenvalue weighted by atomic mass is 10.1. The highest BCUT2D eigenvalue weighted by atomic mass is 35.5. The molecule has 0 unspecified atom stereocenters. The summed E-state index contributed by atoms with van der Waals surface area (Å²) in [7, 11) is -3.92. The van der Waals surface area contributed by atoms with Crippen LogP contribution in [-0.4, -0.2) is 26.9 Å². The van der Waals surface area contributed by atoms with Crippen LogP contribution >= 0.6 is 11.6 Å². The Labute approximate surface area is 166 Å². The zero-order valence-electron chi connectivity index (χ0n) is 15.9. The number of anilines is 1. The third kappa shape index (κ3) is 5.47. The number of hydrogen-bond donors (Lipinski definition) is 1. The molecule has 27 heavy (non-hydrogen) atoms. The van der Waals surface area contributed by atoms with Crippen LogP contribution in [0.1, 0.15) is 26.3 Å². The van der Waals surface area contributed by atoms with E-state index in [2.05, 4.69) is 5.32 Å². The number of sulfonamides is 1. The molecule has 5 nitrogen and oxygen atoms in total.